The molecule has 3 rings (SSSR count). The molecule has 0 saturated carbocycles. The molecule has 0 spiro atoms. The smallest absolute Gasteiger partial charge is 0.343 e. The predicted molar refractivity (Wildman–Crippen MR) is 79.4 cm³/mol. The second kappa shape index (κ2) is 5.93. The highest BCUT2D eigenvalue weighted by Gasteiger charge is 2.31. The van der Waals surface area contributed by atoms with E-state index in [1.165, 1.54) is 25.1 Å². The molecule has 1 fully saturated rings. The number of aryl methyl sites for hydroxylation is 1. The van der Waals surface area contributed by atoms with Crippen molar-refractivity contribution in [2.24, 2.45) is 0 Å². The van der Waals surface area contributed by atoms with Crippen LogP contribution in [0.5, 0.6) is 0 Å². The Morgan fingerprint density at radius 1 is 1.46 bits per heavy atom. The largest absolute Gasteiger partial charge is 0.360 e. The van der Waals surface area contributed by atoms with Crippen molar-refractivity contribution in [3.05, 3.63) is 40.4 Å². The maximum Gasteiger partial charge on any atom is 0.343 e. The van der Waals surface area contributed by atoms with Crippen molar-refractivity contribution in [3.63, 3.8) is 0 Å². The fourth-order valence-corrected chi connectivity index (χ4v) is 2.50. The summed E-state index contributed by atoms with van der Waals surface area (Å²) in [7, 11) is 0. The SMILES string of the molecule is Cc1onc(-c2c(F)cccc2Cl)c1C(=O)NN1CC(=O)NC1=O. The number of carbonyl (C=O) groups is 3. The molecule has 1 aliphatic heterocycles. The molecule has 0 unspecified atom stereocenters. The number of carbonyl (C=O) groups excluding carboxylic acids is 3. The number of nitrogens with one attached hydrogen (secondary N) is 2. The van der Waals surface area contributed by atoms with Gasteiger partial charge in [0.15, 0.2) is 0 Å². The van der Waals surface area contributed by atoms with Crippen molar-refractivity contribution >= 4 is 29.4 Å². The normalized spacial score (nSPS) is 14.0. The number of imide groups is 1. The summed E-state index contributed by atoms with van der Waals surface area (Å²) in [6.45, 7) is 1.13. The van der Waals surface area contributed by atoms with E-state index in [-0.39, 0.29) is 34.1 Å². The molecule has 8 nitrogen and oxygen atoms in total. The van der Waals surface area contributed by atoms with Crippen LogP contribution in [0.4, 0.5) is 9.18 Å². The molecule has 1 saturated heterocycles. The number of benzene rings is 1. The molecule has 1 aliphatic rings. The lowest BCUT2D eigenvalue weighted by Crippen LogP contribution is -2.44. The van der Waals surface area contributed by atoms with Gasteiger partial charge in [-0.25, -0.2) is 14.2 Å². The molecule has 0 aliphatic carbocycles. The van der Waals surface area contributed by atoms with E-state index in [9.17, 15) is 18.8 Å². The van der Waals surface area contributed by atoms with Crippen LogP contribution in [-0.4, -0.2) is 34.6 Å². The number of aromatic nitrogens is 1. The molecule has 124 valence electrons. The number of hydrogen-bond acceptors (Lipinski definition) is 5. The highest BCUT2D eigenvalue weighted by Crippen LogP contribution is 2.33. The lowest BCUT2D eigenvalue weighted by molar-refractivity contribution is -0.118. The third-order valence-electron chi connectivity index (χ3n) is 3.32. The lowest BCUT2D eigenvalue weighted by atomic mass is 10.1. The summed E-state index contributed by atoms with van der Waals surface area (Å²) in [5, 5.41) is 6.54. The van der Waals surface area contributed by atoms with Gasteiger partial charge in [0.2, 0.25) is 5.91 Å². The van der Waals surface area contributed by atoms with E-state index in [0.29, 0.717) is 0 Å². The summed E-state index contributed by atoms with van der Waals surface area (Å²) in [4.78, 5) is 35.1. The van der Waals surface area contributed by atoms with Gasteiger partial charge >= 0.3 is 6.03 Å². The molecule has 2 heterocycles. The van der Waals surface area contributed by atoms with E-state index in [1.54, 1.807) is 0 Å². The number of hydrazine groups is 1. The Balaban J connectivity index is 1.97. The molecule has 10 heteroatoms. The van der Waals surface area contributed by atoms with Crippen molar-refractivity contribution in [1.29, 1.82) is 0 Å². The Morgan fingerprint density at radius 3 is 2.83 bits per heavy atom. The average Bonchev–Trinajstić information content (AvgIpc) is 3.02. The Hall–Kier alpha value is -2.94. The van der Waals surface area contributed by atoms with Crippen molar-refractivity contribution < 1.29 is 23.3 Å². The fraction of sp³-hybridized carbons (Fsp3) is 0.143. The van der Waals surface area contributed by atoms with Crippen molar-refractivity contribution in [1.82, 2.24) is 20.9 Å². The highest BCUT2D eigenvalue weighted by molar-refractivity contribution is 6.33. The third kappa shape index (κ3) is 2.69. The number of nitrogens with zero attached hydrogens (tertiary/aromatic N) is 2. The zero-order valence-electron chi connectivity index (χ0n) is 12.2. The number of urea groups is 1. The van der Waals surface area contributed by atoms with E-state index < -0.39 is 23.7 Å². The monoisotopic (exact) mass is 352 g/mol. The van der Waals surface area contributed by atoms with Crippen LogP contribution >= 0.6 is 11.6 Å². The first-order valence-electron chi connectivity index (χ1n) is 6.71. The quantitative estimate of drug-likeness (QED) is 0.817. The van der Waals surface area contributed by atoms with Crippen LogP contribution in [0, 0.1) is 12.7 Å². The van der Waals surface area contributed by atoms with Gasteiger partial charge in [-0.15, -0.1) is 0 Å². The molecule has 2 aromatic rings. The van der Waals surface area contributed by atoms with Gasteiger partial charge in [-0.05, 0) is 19.1 Å². The summed E-state index contributed by atoms with van der Waals surface area (Å²) < 4.78 is 19.1. The minimum absolute atomic E-state index is 0.0476. The van der Waals surface area contributed by atoms with E-state index in [2.05, 4.69) is 10.6 Å². The average molecular weight is 353 g/mol. The second-order valence-corrected chi connectivity index (χ2v) is 5.35. The summed E-state index contributed by atoms with van der Waals surface area (Å²) in [5.41, 5.74) is 1.97. The van der Waals surface area contributed by atoms with Crippen LogP contribution in [0.15, 0.2) is 22.7 Å². The molecule has 0 atom stereocenters. The molecule has 0 bridgehead atoms. The standard InChI is InChI=1S/C14H10ClFN4O4/c1-6-10(13(22)18-20-5-9(21)17-14(20)23)12(19-24-6)11-7(15)3-2-4-8(11)16/h2-4H,5H2,1H3,(H,18,22)(H,17,21,23). The highest BCUT2D eigenvalue weighted by atomic mass is 35.5. The Bertz CT molecular complexity index is 846. The van der Waals surface area contributed by atoms with E-state index >= 15 is 0 Å². The van der Waals surface area contributed by atoms with Gasteiger partial charge in [-0.2, -0.15) is 0 Å². The summed E-state index contributed by atoms with van der Waals surface area (Å²) in [6.07, 6.45) is 0. The van der Waals surface area contributed by atoms with Gasteiger partial charge in [0.1, 0.15) is 29.4 Å². The molecule has 4 amide bonds. The van der Waals surface area contributed by atoms with Crippen molar-refractivity contribution in [3.8, 4) is 11.3 Å². The van der Waals surface area contributed by atoms with Crippen molar-refractivity contribution in [2.75, 3.05) is 6.54 Å². The first-order valence-corrected chi connectivity index (χ1v) is 7.09. The van der Waals surface area contributed by atoms with Crippen LogP contribution in [0.3, 0.4) is 0 Å². The van der Waals surface area contributed by atoms with Gasteiger partial charge in [0, 0.05) is 0 Å². The second-order valence-electron chi connectivity index (χ2n) is 4.94. The lowest BCUT2D eigenvalue weighted by Gasteiger charge is -2.14. The molecule has 0 radical (unpaired) electrons. The Kier molecular flexibility index (Phi) is 3.94. The van der Waals surface area contributed by atoms with Gasteiger partial charge in [0.25, 0.3) is 5.91 Å². The van der Waals surface area contributed by atoms with Gasteiger partial charge in [0.05, 0.1) is 10.6 Å². The number of amides is 4. The minimum Gasteiger partial charge on any atom is -0.360 e. The van der Waals surface area contributed by atoms with E-state index in [1.807, 2.05) is 5.32 Å². The Morgan fingerprint density at radius 2 is 2.21 bits per heavy atom. The topological polar surface area (TPSA) is 105 Å². The summed E-state index contributed by atoms with van der Waals surface area (Å²) >= 11 is 5.99. The van der Waals surface area contributed by atoms with Crippen LogP contribution in [0.1, 0.15) is 16.1 Å². The number of rotatable bonds is 3. The first kappa shape index (κ1) is 15.9. The van der Waals surface area contributed by atoms with E-state index in [0.717, 1.165) is 5.01 Å². The maximum atomic E-state index is 14.1. The molecule has 24 heavy (non-hydrogen) atoms. The first-order chi connectivity index (χ1) is 11.4. The van der Waals surface area contributed by atoms with Gasteiger partial charge < -0.3 is 4.52 Å². The number of hydrogen-bond donors (Lipinski definition) is 2. The van der Waals surface area contributed by atoms with Crippen LogP contribution in [-0.2, 0) is 4.79 Å². The molecular formula is C14H10ClFN4O4. The van der Waals surface area contributed by atoms with Crippen LogP contribution < -0.4 is 10.7 Å². The van der Waals surface area contributed by atoms with E-state index in [4.69, 9.17) is 16.1 Å². The maximum absolute atomic E-state index is 14.1. The zero-order valence-corrected chi connectivity index (χ0v) is 13.0. The van der Waals surface area contributed by atoms with Gasteiger partial charge in [-0.1, -0.05) is 22.8 Å². The van der Waals surface area contributed by atoms with Crippen molar-refractivity contribution in [2.45, 2.75) is 6.92 Å². The third-order valence-corrected chi connectivity index (χ3v) is 3.63. The molecule has 1 aromatic carbocycles. The van der Waals surface area contributed by atoms with Crippen LogP contribution in [0.2, 0.25) is 5.02 Å². The summed E-state index contributed by atoms with van der Waals surface area (Å²) in [5.74, 6) is -1.92. The summed E-state index contributed by atoms with van der Waals surface area (Å²) in [6, 6.07) is 3.25. The predicted octanol–water partition coefficient (Wildman–Crippen LogP) is 1.64. The molecule has 1 aromatic heterocycles. The van der Waals surface area contributed by atoms with Gasteiger partial charge in [-0.3, -0.25) is 20.3 Å². The minimum atomic E-state index is -0.784. The Labute approximate surface area is 139 Å². The number of halogens is 2. The molecular weight excluding hydrogens is 343 g/mol. The fourth-order valence-electron chi connectivity index (χ4n) is 2.24. The molecule has 2 N–H and O–H groups in total. The zero-order chi connectivity index (χ0) is 17.4. The van der Waals surface area contributed by atoms with Crippen LogP contribution in [0.25, 0.3) is 11.3 Å².